The molecule has 0 atom stereocenters. The molecule has 18 heavy (non-hydrogen) atoms. The Hall–Kier alpha value is -2.07. The maximum Gasteiger partial charge on any atom is 0.338 e. The van der Waals surface area contributed by atoms with Crippen molar-refractivity contribution < 1.29 is 14.3 Å². The van der Waals surface area contributed by atoms with E-state index in [2.05, 4.69) is 5.32 Å². The Morgan fingerprint density at radius 2 is 1.72 bits per heavy atom. The molecule has 0 aromatic heterocycles. The van der Waals surface area contributed by atoms with Crippen LogP contribution < -0.4 is 5.32 Å². The fourth-order valence-electron chi connectivity index (χ4n) is 1.47. The Balaban J connectivity index is 2.27. The lowest BCUT2D eigenvalue weighted by Gasteiger charge is -2.07. The van der Waals surface area contributed by atoms with Crippen LogP contribution in [0.5, 0.6) is 0 Å². The third-order valence-corrected chi connectivity index (χ3v) is 2.58. The number of hydrogen-bond acceptors (Lipinski definition) is 2. The van der Waals surface area contributed by atoms with Gasteiger partial charge in [0.2, 0.25) is 0 Å². The van der Waals surface area contributed by atoms with E-state index in [-0.39, 0.29) is 5.56 Å². The molecule has 2 aromatic carbocycles. The zero-order valence-corrected chi connectivity index (χ0v) is 9.91. The van der Waals surface area contributed by atoms with Crippen LogP contribution in [0.15, 0.2) is 42.5 Å². The van der Waals surface area contributed by atoms with E-state index in [1.807, 2.05) is 0 Å². The van der Waals surface area contributed by atoms with Crippen molar-refractivity contribution in [3.05, 3.63) is 58.9 Å². The number of nitrogens with one attached hydrogen (secondary N) is 1. The lowest BCUT2D eigenvalue weighted by atomic mass is 10.2. The van der Waals surface area contributed by atoms with Crippen molar-refractivity contribution in [3.63, 3.8) is 0 Å². The van der Waals surface area contributed by atoms with Crippen molar-refractivity contribution in [1.82, 2.24) is 0 Å². The minimum absolute atomic E-state index is 0.367. The van der Waals surface area contributed by atoms with Gasteiger partial charge in [-0.05, 0) is 42.5 Å². The van der Waals surface area contributed by atoms with E-state index >= 15 is 0 Å². The van der Waals surface area contributed by atoms with Gasteiger partial charge in [0.15, 0.2) is 0 Å². The number of anilines is 2. The topological polar surface area (TPSA) is 49.3 Å². The first-order valence-electron chi connectivity index (χ1n) is 5.12. The highest BCUT2D eigenvalue weighted by molar-refractivity contribution is 6.30. The molecule has 2 N–H and O–H groups in total. The van der Waals surface area contributed by atoms with E-state index in [4.69, 9.17) is 16.7 Å². The van der Waals surface area contributed by atoms with Gasteiger partial charge in [-0.3, -0.25) is 0 Å². The first-order chi connectivity index (χ1) is 8.56. The first-order valence-corrected chi connectivity index (χ1v) is 5.49. The zero-order valence-electron chi connectivity index (χ0n) is 9.15. The number of carboxylic acid groups (broad SMARTS) is 1. The van der Waals surface area contributed by atoms with Crippen LogP contribution >= 0.6 is 11.6 Å². The number of carbonyl (C=O) groups is 1. The quantitative estimate of drug-likeness (QED) is 0.884. The lowest BCUT2D eigenvalue weighted by molar-refractivity contribution is 0.0692. The Morgan fingerprint density at radius 1 is 1.11 bits per heavy atom. The largest absolute Gasteiger partial charge is 0.478 e. The molecule has 2 rings (SSSR count). The van der Waals surface area contributed by atoms with Crippen LogP contribution in [-0.2, 0) is 0 Å². The molecule has 0 fully saturated rings. The van der Waals surface area contributed by atoms with E-state index in [0.29, 0.717) is 10.7 Å². The molecule has 0 saturated heterocycles. The summed E-state index contributed by atoms with van der Waals surface area (Å²) in [5, 5.41) is 12.4. The Kier molecular flexibility index (Phi) is 3.48. The van der Waals surface area contributed by atoms with Crippen molar-refractivity contribution in [1.29, 1.82) is 0 Å². The molecule has 0 saturated carbocycles. The van der Waals surface area contributed by atoms with Crippen molar-refractivity contribution in [2.75, 3.05) is 5.32 Å². The molecule has 2 aromatic rings. The van der Waals surface area contributed by atoms with Crippen LogP contribution in [0.25, 0.3) is 0 Å². The third-order valence-electron chi connectivity index (χ3n) is 2.33. The van der Waals surface area contributed by atoms with Gasteiger partial charge in [0.25, 0.3) is 0 Å². The fourth-order valence-corrected chi connectivity index (χ4v) is 1.59. The molecule has 0 unspecified atom stereocenters. The molecule has 0 amide bonds. The van der Waals surface area contributed by atoms with Crippen LogP contribution in [0.1, 0.15) is 10.4 Å². The second-order valence-corrected chi connectivity index (χ2v) is 4.07. The van der Waals surface area contributed by atoms with E-state index in [1.54, 1.807) is 24.3 Å². The Morgan fingerprint density at radius 3 is 2.33 bits per heavy atom. The standard InChI is InChI=1S/C13H9ClFNO2/c14-8-1-3-9(4-2-8)16-10-5-6-12(15)11(7-10)13(17)18/h1-7,16H,(H,17,18). The minimum Gasteiger partial charge on any atom is -0.478 e. The zero-order chi connectivity index (χ0) is 13.1. The molecule has 0 aliphatic rings. The summed E-state index contributed by atoms with van der Waals surface area (Å²) in [5.74, 6) is -2.06. The monoisotopic (exact) mass is 265 g/mol. The van der Waals surface area contributed by atoms with Gasteiger partial charge in [-0.2, -0.15) is 0 Å². The summed E-state index contributed by atoms with van der Waals surface area (Å²) in [6.45, 7) is 0. The summed E-state index contributed by atoms with van der Waals surface area (Å²) in [6, 6.07) is 10.7. The summed E-state index contributed by atoms with van der Waals surface area (Å²) in [7, 11) is 0. The summed E-state index contributed by atoms with van der Waals surface area (Å²) in [6.07, 6.45) is 0. The number of benzene rings is 2. The Labute approximate surface area is 108 Å². The molecular weight excluding hydrogens is 257 g/mol. The average Bonchev–Trinajstić information content (AvgIpc) is 2.34. The summed E-state index contributed by atoms with van der Waals surface area (Å²) in [5.41, 5.74) is 0.868. The average molecular weight is 266 g/mol. The highest BCUT2D eigenvalue weighted by Gasteiger charge is 2.10. The normalized spacial score (nSPS) is 10.1. The smallest absolute Gasteiger partial charge is 0.338 e. The maximum atomic E-state index is 13.2. The van der Waals surface area contributed by atoms with Crippen molar-refractivity contribution in [2.24, 2.45) is 0 Å². The molecule has 0 spiro atoms. The van der Waals surface area contributed by atoms with Gasteiger partial charge in [-0.1, -0.05) is 11.6 Å². The van der Waals surface area contributed by atoms with Gasteiger partial charge in [0.1, 0.15) is 5.82 Å². The summed E-state index contributed by atoms with van der Waals surface area (Å²) >= 11 is 5.75. The maximum absolute atomic E-state index is 13.2. The molecule has 5 heteroatoms. The molecule has 0 bridgehead atoms. The van der Waals surface area contributed by atoms with Crippen molar-refractivity contribution >= 4 is 28.9 Å². The van der Waals surface area contributed by atoms with Crippen LogP contribution in [0.4, 0.5) is 15.8 Å². The molecule has 0 aliphatic heterocycles. The number of rotatable bonds is 3. The highest BCUT2D eigenvalue weighted by Crippen LogP contribution is 2.21. The number of carboxylic acids is 1. The van der Waals surface area contributed by atoms with Gasteiger partial charge in [0.05, 0.1) is 5.56 Å². The fraction of sp³-hybridized carbons (Fsp3) is 0. The lowest BCUT2D eigenvalue weighted by Crippen LogP contribution is -2.01. The Bertz CT molecular complexity index is 584. The first kappa shape index (κ1) is 12.4. The van der Waals surface area contributed by atoms with Crippen LogP contribution in [0.3, 0.4) is 0 Å². The predicted molar refractivity (Wildman–Crippen MR) is 68.1 cm³/mol. The second kappa shape index (κ2) is 5.06. The molecule has 0 aliphatic carbocycles. The summed E-state index contributed by atoms with van der Waals surface area (Å²) < 4.78 is 13.2. The summed E-state index contributed by atoms with van der Waals surface area (Å²) in [4.78, 5) is 10.8. The molecule has 3 nitrogen and oxygen atoms in total. The highest BCUT2D eigenvalue weighted by atomic mass is 35.5. The van der Waals surface area contributed by atoms with E-state index in [1.165, 1.54) is 12.1 Å². The van der Waals surface area contributed by atoms with Crippen molar-refractivity contribution in [2.45, 2.75) is 0 Å². The SMILES string of the molecule is O=C(O)c1cc(Nc2ccc(Cl)cc2)ccc1F. The van der Waals surface area contributed by atoms with E-state index in [9.17, 15) is 9.18 Å². The van der Waals surface area contributed by atoms with Crippen LogP contribution in [-0.4, -0.2) is 11.1 Å². The number of aromatic carboxylic acids is 1. The van der Waals surface area contributed by atoms with Gasteiger partial charge >= 0.3 is 5.97 Å². The number of hydrogen-bond donors (Lipinski definition) is 2. The van der Waals surface area contributed by atoms with Crippen molar-refractivity contribution in [3.8, 4) is 0 Å². The predicted octanol–water partition coefficient (Wildman–Crippen LogP) is 3.92. The van der Waals surface area contributed by atoms with Gasteiger partial charge < -0.3 is 10.4 Å². The molecule has 0 radical (unpaired) electrons. The van der Waals surface area contributed by atoms with Gasteiger partial charge in [-0.25, -0.2) is 9.18 Å². The van der Waals surface area contributed by atoms with E-state index in [0.717, 1.165) is 11.8 Å². The molecule has 0 heterocycles. The molecular formula is C13H9ClFNO2. The third kappa shape index (κ3) is 2.78. The second-order valence-electron chi connectivity index (χ2n) is 3.63. The van der Waals surface area contributed by atoms with Gasteiger partial charge in [-0.15, -0.1) is 0 Å². The number of halogens is 2. The van der Waals surface area contributed by atoms with Crippen LogP contribution in [0.2, 0.25) is 5.02 Å². The van der Waals surface area contributed by atoms with Crippen LogP contribution in [0, 0.1) is 5.82 Å². The van der Waals surface area contributed by atoms with E-state index < -0.39 is 11.8 Å². The minimum atomic E-state index is -1.30. The van der Waals surface area contributed by atoms with Gasteiger partial charge in [0, 0.05) is 16.4 Å². The molecule has 92 valence electrons.